The van der Waals surface area contributed by atoms with Gasteiger partial charge in [0.05, 0.1) is 59.2 Å². The molecule has 0 aliphatic heterocycles. The van der Waals surface area contributed by atoms with Crippen LogP contribution in [0.3, 0.4) is 0 Å². The van der Waals surface area contributed by atoms with Gasteiger partial charge in [-0.2, -0.15) is 0 Å². The fraction of sp³-hybridized carbons (Fsp3) is 0.301. The van der Waals surface area contributed by atoms with Crippen LogP contribution in [0.15, 0.2) is 195 Å². The lowest BCUT2D eigenvalue weighted by atomic mass is 9.93. The maximum absolute atomic E-state index is 14.3. The number of halogens is 2. The molecule has 0 radical (unpaired) electrons. The number of nitrogens with zero attached hydrogens (tertiary/aromatic N) is 8. The molecule has 0 aliphatic carbocycles. The van der Waals surface area contributed by atoms with Crippen molar-refractivity contribution in [1.29, 1.82) is 0 Å². The largest absolute Gasteiger partial charge is 0.287 e. The van der Waals surface area contributed by atoms with Crippen molar-refractivity contribution in [1.82, 2.24) is 15.0 Å². The van der Waals surface area contributed by atoms with E-state index in [1.807, 2.05) is 178 Å². The Bertz CT molecular complexity index is 6440. The molecule has 5 aromatic heterocycles. The Labute approximate surface area is 679 Å². The Kier molecular flexibility index (Phi) is 23.0. The first kappa shape index (κ1) is 74.6. The molecule has 0 N–H and O–H groups in total. The normalized spacial score (nSPS) is 12.9. The second-order valence-corrected chi connectivity index (χ2v) is 32.0. The molecule has 578 valence electrons. The summed E-state index contributed by atoms with van der Waals surface area (Å²) in [4.78, 5) is 13.6. The zero-order chi connectivity index (χ0) is 87.1. The van der Waals surface area contributed by atoms with E-state index in [1.54, 1.807) is 6.07 Å². The van der Waals surface area contributed by atoms with Crippen LogP contribution in [0.5, 0.6) is 0 Å². The van der Waals surface area contributed by atoms with Crippen molar-refractivity contribution in [2.75, 3.05) is 0 Å². The maximum atomic E-state index is 14.3. The van der Waals surface area contributed by atoms with Gasteiger partial charge in [-0.05, 0) is 322 Å². The lowest BCUT2D eigenvalue weighted by Gasteiger charge is -2.14. The number of pyridine rings is 2. The predicted octanol–water partition coefficient (Wildman–Crippen LogP) is 23.3. The van der Waals surface area contributed by atoms with Gasteiger partial charge >= 0.3 is 0 Å². The smallest absolute Gasteiger partial charge is 0.232 e. The standard InChI is InChI=1S/C23H28N.C22H26FN2.C22H26N.C18H18FN2.C18H19N2/c1-15(2)11-19-7-8-21-20(14-19)9-10-24(6)23(21)22-13-16(3)12-17(4)18(22)5;1-13(2)9-17-7-8-18-20(11-17)24-12-25(6)22(18)19-10-14(3)21(23)16(5)15(19)4;1-14(2)18-7-8-20-19(13-18)9-10-23(6)22(20)21-12-15(3)11-16(4)17(21)5;1-11-9-15(12(2)13(3)17(11)19)18-14-7-5-6-8-16(14)20-10-21(18)4;1-12-9-13(2)14(3)16(10-12)18-15-7-5-6-8-17(15)19-11-20(18)4/h7-10,12-15H,11H2,1-6H3;7-8,10-13H,9H2,1-6H3;7-14H,1-6H3;5-10H,1-4H3;5-11H,1-4H3/q5*+1/i11D2;;1D3,14D;;. The van der Waals surface area contributed by atoms with E-state index in [4.69, 9.17) is 8.22 Å². The monoisotopic (exact) mass is 1510 g/mol. The van der Waals surface area contributed by atoms with E-state index in [1.165, 1.54) is 96.0 Å². The van der Waals surface area contributed by atoms with Crippen molar-refractivity contribution < 1.29 is 39.8 Å². The van der Waals surface area contributed by atoms with E-state index < -0.39 is 19.1 Å². The van der Waals surface area contributed by atoms with E-state index in [0.29, 0.717) is 28.2 Å². The highest BCUT2D eigenvalue weighted by Crippen LogP contribution is 2.38. The first-order valence-corrected chi connectivity index (χ1v) is 39.3. The van der Waals surface area contributed by atoms with Gasteiger partial charge in [0.1, 0.15) is 42.8 Å². The molecule has 0 saturated carbocycles. The molecule has 8 nitrogen and oxygen atoms in total. The topological polar surface area (TPSA) is 58.1 Å². The molecule has 113 heavy (non-hydrogen) atoms. The Hall–Kier alpha value is -11.1. The minimum atomic E-state index is -2.38. The Balaban J connectivity index is 0.000000146. The van der Waals surface area contributed by atoms with Crippen LogP contribution in [0.1, 0.15) is 156 Å². The van der Waals surface area contributed by atoms with Gasteiger partial charge in [0.2, 0.25) is 11.4 Å². The average molecular weight is 1510 g/mol. The van der Waals surface area contributed by atoms with E-state index in [0.717, 1.165) is 106 Å². The summed E-state index contributed by atoms with van der Waals surface area (Å²) in [7, 11) is 10.1. The summed E-state index contributed by atoms with van der Waals surface area (Å²) in [5.74, 6) is -1.32. The van der Waals surface area contributed by atoms with E-state index in [-0.39, 0.29) is 17.6 Å². The number of hydrogen-bond acceptors (Lipinski definition) is 3. The molecular weight excluding hydrogens is 1390 g/mol. The van der Waals surface area contributed by atoms with Crippen LogP contribution in [0.4, 0.5) is 8.78 Å². The van der Waals surface area contributed by atoms with Crippen LogP contribution in [0.25, 0.3) is 111 Å². The summed E-state index contributed by atoms with van der Waals surface area (Å²) < 4.78 is 87.1. The van der Waals surface area contributed by atoms with Crippen molar-refractivity contribution in [2.24, 2.45) is 47.1 Å². The number of aryl methyl sites for hydroxylation is 13. The van der Waals surface area contributed by atoms with Gasteiger partial charge in [0, 0.05) is 37.0 Å². The third kappa shape index (κ3) is 17.9. The van der Waals surface area contributed by atoms with Gasteiger partial charge in [0.15, 0.2) is 28.9 Å². The highest BCUT2D eigenvalue weighted by atomic mass is 19.1. The summed E-state index contributed by atoms with van der Waals surface area (Å²) in [5.41, 5.74) is 33.3. The fourth-order valence-corrected chi connectivity index (χ4v) is 15.8. The first-order chi connectivity index (χ1) is 55.9. The summed E-state index contributed by atoms with van der Waals surface area (Å²) >= 11 is 0. The number of aromatic nitrogens is 8. The molecule has 0 bridgehead atoms. The molecule has 1 atom stereocenters. The minimum absolute atomic E-state index is 0.0686. The zero-order valence-electron chi connectivity index (χ0n) is 77.2. The van der Waals surface area contributed by atoms with Crippen LogP contribution in [-0.4, -0.2) is 15.0 Å². The first-order valence-electron chi connectivity index (χ1n) is 42.3. The van der Waals surface area contributed by atoms with Crippen LogP contribution in [-0.2, 0) is 48.0 Å². The molecule has 15 aromatic rings. The minimum Gasteiger partial charge on any atom is -0.232 e. The summed E-state index contributed by atoms with van der Waals surface area (Å²) in [6, 6.07) is 55.8. The molecule has 15 rings (SSSR count). The average Bonchev–Trinajstić information content (AvgIpc) is 0.768. The maximum Gasteiger partial charge on any atom is 0.287 e. The Morgan fingerprint density at radius 3 is 1.12 bits per heavy atom. The van der Waals surface area contributed by atoms with E-state index in [9.17, 15) is 8.78 Å². The highest BCUT2D eigenvalue weighted by molar-refractivity contribution is 5.97. The third-order valence-corrected chi connectivity index (χ3v) is 22.3. The quantitative estimate of drug-likeness (QED) is 0.128. The van der Waals surface area contributed by atoms with Gasteiger partial charge < -0.3 is 0 Å². The predicted molar refractivity (Wildman–Crippen MR) is 468 cm³/mol. The summed E-state index contributed by atoms with van der Waals surface area (Å²) in [5, 5.41) is 7.62. The molecule has 0 saturated heterocycles. The molecule has 5 heterocycles. The zero-order valence-corrected chi connectivity index (χ0v) is 71.2. The molecule has 0 aliphatic rings. The molecule has 0 spiro atoms. The SMILES string of the molecule is Cc1cc(-c2c3ccc(CC(C)C)cc3nc[n+]2C)c(C)c(C)c1F.Cc1cc(-c2c3ccccc3nc[n+]2C)c(C)c(C)c1F.Cc1cc(C)c(C)c(-c2c3ccccc3nc[n+]2C)c1.[2H]C([2H])([2H])C([2H])(C)c1ccc2c(-c3cc(C)cc(C)c3C)[n+](C)ccc2c1.[2H]C([2H])(c1ccc2c(-c3cc(C)cc(C)c3C)[n+](C)ccc2c1)C(C)C. The van der Waals surface area contributed by atoms with Crippen molar-refractivity contribution in [3.05, 3.63) is 307 Å². The van der Waals surface area contributed by atoms with Gasteiger partial charge in [-0.1, -0.05) is 131 Å². The van der Waals surface area contributed by atoms with Gasteiger partial charge in [0.25, 0.3) is 19.0 Å². The molecular formula is C103H117F2N8+5. The van der Waals surface area contributed by atoms with Crippen LogP contribution < -0.4 is 22.8 Å². The van der Waals surface area contributed by atoms with Crippen LogP contribution in [0.2, 0.25) is 0 Å². The van der Waals surface area contributed by atoms with Crippen LogP contribution >= 0.6 is 0 Å². The lowest BCUT2D eigenvalue weighted by Crippen LogP contribution is -2.32. The summed E-state index contributed by atoms with van der Waals surface area (Å²) in [6.07, 6.45) is 9.34. The van der Waals surface area contributed by atoms with Crippen molar-refractivity contribution in [3.63, 3.8) is 0 Å². The van der Waals surface area contributed by atoms with E-state index in [2.05, 4.69) is 216 Å². The number of hydrogen-bond donors (Lipinski definition) is 0. The van der Waals surface area contributed by atoms with Crippen molar-refractivity contribution >= 4 is 54.3 Å². The van der Waals surface area contributed by atoms with Crippen molar-refractivity contribution in [2.45, 2.75) is 164 Å². The van der Waals surface area contributed by atoms with Gasteiger partial charge in [-0.3, -0.25) is 0 Å². The fourth-order valence-electron chi connectivity index (χ4n) is 15.8. The van der Waals surface area contributed by atoms with Crippen LogP contribution in [0, 0.1) is 127 Å². The van der Waals surface area contributed by atoms with Gasteiger partial charge in [-0.25, -0.2) is 31.6 Å². The number of benzene rings is 10. The van der Waals surface area contributed by atoms with Gasteiger partial charge in [-0.15, -0.1) is 0 Å². The third-order valence-electron chi connectivity index (χ3n) is 22.3. The second-order valence-electron chi connectivity index (χ2n) is 32.0. The number of rotatable bonds is 10. The molecule has 10 heteroatoms. The van der Waals surface area contributed by atoms with E-state index >= 15 is 0 Å². The molecule has 1 unspecified atom stereocenters. The number of fused-ring (bicyclic) bond motifs is 5. The number of para-hydroxylation sites is 2. The molecule has 10 aromatic carbocycles. The molecule has 0 amide bonds. The summed E-state index contributed by atoms with van der Waals surface area (Å²) in [6.45, 7) is 38.0. The Morgan fingerprint density at radius 1 is 0.345 bits per heavy atom. The second kappa shape index (κ2) is 34.9. The highest BCUT2D eigenvalue weighted by Gasteiger charge is 2.26. The van der Waals surface area contributed by atoms with Crippen molar-refractivity contribution in [3.8, 4) is 56.3 Å². The molecule has 0 fully saturated rings. The Morgan fingerprint density at radius 2 is 0.708 bits per heavy atom. The lowest BCUT2D eigenvalue weighted by molar-refractivity contribution is -0.662.